The number of hydrogen-bond acceptors (Lipinski definition) is 6. The van der Waals surface area contributed by atoms with E-state index < -0.39 is 0 Å². The Kier molecular flexibility index (Phi) is 3.51. The van der Waals surface area contributed by atoms with Crippen molar-refractivity contribution in [1.29, 1.82) is 0 Å². The van der Waals surface area contributed by atoms with Gasteiger partial charge in [0, 0.05) is 19.1 Å². The van der Waals surface area contributed by atoms with Crippen LogP contribution in [0.2, 0.25) is 0 Å². The highest BCUT2D eigenvalue weighted by Gasteiger charge is 2.28. The molecule has 3 rings (SSSR count). The molecule has 0 spiro atoms. The fourth-order valence-corrected chi connectivity index (χ4v) is 3.45. The quantitative estimate of drug-likeness (QED) is 0.918. The van der Waals surface area contributed by atoms with E-state index in [1.165, 1.54) is 11.3 Å². The van der Waals surface area contributed by atoms with Crippen LogP contribution in [0, 0.1) is 5.41 Å². The second-order valence-corrected chi connectivity index (χ2v) is 7.41. The maximum atomic E-state index is 6.29. The Balaban J connectivity index is 1.94. The summed E-state index contributed by atoms with van der Waals surface area (Å²) in [6.45, 7) is 7.95. The largest absolute Gasteiger partial charge is 0.381 e. The van der Waals surface area contributed by atoms with Gasteiger partial charge >= 0.3 is 0 Å². The highest BCUT2D eigenvalue weighted by Crippen LogP contribution is 2.34. The van der Waals surface area contributed by atoms with Crippen molar-refractivity contribution in [2.45, 2.75) is 45.6 Å². The molecule has 2 aromatic heterocycles. The van der Waals surface area contributed by atoms with Gasteiger partial charge in [0.05, 0.1) is 6.04 Å². The topological polar surface area (TPSA) is 78.3 Å². The minimum Gasteiger partial charge on any atom is -0.381 e. The van der Waals surface area contributed by atoms with Crippen molar-refractivity contribution in [3.63, 3.8) is 0 Å². The van der Waals surface area contributed by atoms with Crippen LogP contribution in [0.3, 0.4) is 0 Å². The first-order valence-electron chi connectivity index (χ1n) is 7.02. The SMILES string of the molecule is CC(C)(C)C(N)c1nn2c(C3CCOCC3)nnc2s1. The monoisotopic (exact) mass is 295 g/mol. The van der Waals surface area contributed by atoms with E-state index in [2.05, 4.69) is 36.1 Å². The van der Waals surface area contributed by atoms with E-state index in [1.54, 1.807) is 0 Å². The summed E-state index contributed by atoms with van der Waals surface area (Å²) in [7, 11) is 0. The first-order valence-corrected chi connectivity index (χ1v) is 7.84. The smallest absolute Gasteiger partial charge is 0.234 e. The molecule has 1 aliphatic rings. The minimum absolute atomic E-state index is 0.0118. The lowest BCUT2D eigenvalue weighted by molar-refractivity contribution is 0.0831. The molecule has 1 fully saturated rings. The van der Waals surface area contributed by atoms with Gasteiger partial charge in [-0.2, -0.15) is 9.61 Å². The summed E-state index contributed by atoms with van der Waals surface area (Å²) in [6.07, 6.45) is 1.97. The third-order valence-electron chi connectivity index (χ3n) is 3.82. The maximum Gasteiger partial charge on any atom is 0.234 e. The highest BCUT2D eigenvalue weighted by atomic mass is 32.1. The number of ether oxygens (including phenoxy) is 1. The van der Waals surface area contributed by atoms with Gasteiger partial charge in [-0.25, -0.2) is 0 Å². The maximum absolute atomic E-state index is 6.29. The van der Waals surface area contributed by atoms with E-state index in [-0.39, 0.29) is 11.5 Å². The van der Waals surface area contributed by atoms with Crippen molar-refractivity contribution < 1.29 is 4.74 Å². The lowest BCUT2D eigenvalue weighted by Gasteiger charge is -2.24. The van der Waals surface area contributed by atoms with Crippen LogP contribution in [0.5, 0.6) is 0 Å². The molecule has 1 aliphatic heterocycles. The first-order chi connectivity index (χ1) is 9.47. The van der Waals surface area contributed by atoms with Crippen LogP contribution in [0.4, 0.5) is 0 Å². The van der Waals surface area contributed by atoms with Crippen LogP contribution >= 0.6 is 11.3 Å². The van der Waals surface area contributed by atoms with Crippen molar-refractivity contribution in [3.8, 4) is 0 Å². The normalized spacial score (nSPS) is 19.6. The molecule has 0 aromatic carbocycles. The Morgan fingerprint density at radius 3 is 2.65 bits per heavy atom. The van der Waals surface area contributed by atoms with Gasteiger partial charge in [0.1, 0.15) is 5.01 Å². The molecule has 1 unspecified atom stereocenters. The molecule has 0 bridgehead atoms. The van der Waals surface area contributed by atoms with Gasteiger partial charge in [-0.05, 0) is 18.3 Å². The zero-order valence-electron chi connectivity index (χ0n) is 12.2. The van der Waals surface area contributed by atoms with Crippen molar-refractivity contribution in [3.05, 3.63) is 10.8 Å². The molecule has 0 radical (unpaired) electrons. The molecule has 0 aliphatic carbocycles. The lowest BCUT2D eigenvalue weighted by Crippen LogP contribution is -2.26. The number of aromatic nitrogens is 4. The zero-order valence-corrected chi connectivity index (χ0v) is 13.0. The molecule has 2 N–H and O–H groups in total. The van der Waals surface area contributed by atoms with Gasteiger partial charge in [-0.3, -0.25) is 0 Å². The van der Waals surface area contributed by atoms with E-state index >= 15 is 0 Å². The number of nitrogens with zero attached hydrogens (tertiary/aromatic N) is 4. The van der Waals surface area contributed by atoms with Crippen LogP contribution in [-0.2, 0) is 4.74 Å². The van der Waals surface area contributed by atoms with Crippen LogP contribution in [0.25, 0.3) is 4.96 Å². The number of hydrogen-bond donors (Lipinski definition) is 1. The molecule has 110 valence electrons. The highest BCUT2D eigenvalue weighted by molar-refractivity contribution is 7.16. The van der Waals surface area contributed by atoms with Gasteiger partial charge < -0.3 is 10.5 Å². The zero-order chi connectivity index (χ0) is 14.3. The van der Waals surface area contributed by atoms with E-state index in [0.717, 1.165) is 41.8 Å². The standard InChI is InChI=1S/C13H21N5OS/c1-13(2,3)9(14)11-17-18-10(15-16-12(18)20-11)8-4-6-19-7-5-8/h8-9H,4-7,14H2,1-3H3. The molecule has 1 saturated heterocycles. The molecule has 7 heteroatoms. The predicted molar refractivity (Wildman–Crippen MR) is 77.8 cm³/mol. The molecule has 0 saturated carbocycles. The Bertz CT molecular complexity index is 593. The predicted octanol–water partition coefficient (Wildman–Crippen LogP) is 2.13. The van der Waals surface area contributed by atoms with E-state index in [1.807, 2.05) is 4.52 Å². The molecule has 2 aromatic rings. The van der Waals surface area contributed by atoms with Crippen LogP contribution in [0.1, 0.15) is 56.4 Å². The van der Waals surface area contributed by atoms with Gasteiger partial charge in [0.2, 0.25) is 4.96 Å². The molecule has 3 heterocycles. The number of rotatable bonds is 2. The molecule has 20 heavy (non-hydrogen) atoms. The average Bonchev–Trinajstić information content (AvgIpc) is 2.97. The lowest BCUT2D eigenvalue weighted by atomic mass is 9.88. The van der Waals surface area contributed by atoms with E-state index in [9.17, 15) is 0 Å². The van der Waals surface area contributed by atoms with E-state index in [0.29, 0.717) is 5.92 Å². The van der Waals surface area contributed by atoms with Gasteiger partial charge in [-0.15, -0.1) is 10.2 Å². The molecule has 6 nitrogen and oxygen atoms in total. The van der Waals surface area contributed by atoms with Crippen molar-refractivity contribution >= 4 is 16.3 Å². The summed E-state index contributed by atoms with van der Waals surface area (Å²) in [5, 5.41) is 14.1. The third kappa shape index (κ3) is 2.45. The number of fused-ring (bicyclic) bond motifs is 1. The Morgan fingerprint density at radius 2 is 2.00 bits per heavy atom. The molecule has 1 atom stereocenters. The van der Waals surface area contributed by atoms with E-state index in [4.69, 9.17) is 10.5 Å². The van der Waals surface area contributed by atoms with Gasteiger partial charge in [-0.1, -0.05) is 32.1 Å². The fourth-order valence-electron chi connectivity index (χ4n) is 2.35. The summed E-state index contributed by atoms with van der Waals surface area (Å²) < 4.78 is 7.28. The Hall–Kier alpha value is -1.05. The van der Waals surface area contributed by atoms with Crippen molar-refractivity contribution in [2.75, 3.05) is 13.2 Å². The molecule has 0 amide bonds. The summed E-state index contributed by atoms with van der Waals surface area (Å²) in [4.78, 5) is 0.834. The van der Waals surface area contributed by atoms with Crippen molar-refractivity contribution in [1.82, 2.24) is 19.8 Å². The van der Waals surface area contributed by atoms with Gasteiger partial charge in [0.15, 0.2) is 5.82 Å². The molecular formula is C13H21N5OS. The van der Waals surface area contributed by atoms with Gasteiger partial charge in [0.25, 0.3) is 0 Å². The third-order valence-corrected chi connectivity index (χ3v) is 4.80. The summed E-state index contributed by atoms with van der Waals surface area (Å²) in [5.74, 6) is 1.34. The second kappa shape index (κ2) is 5.05. The number of nitrogens with two attached hydrogens (primary N) is 1. The van der Waals surface area contributed by atoms with Crippen molar-refractivity contribution in [2.24, 2.45) is 11.1 Å². The average molecular weight is 295 g/mol. The Morgan fingerprint density at radius 1 is 1.30 bits per heavy atom. The Labute approximate surface area is 122 Å². The van der Waals surface area contributed by atoms with Crippen LogP contribution in [0.15, 0.2) is 0 Å². The first kappa shape index (κ1) is 13.9. The minimum atomic E-state index is -0.0864. The van der Waals surface area contributed by atoms with Crippen LogP contribution in [-0.4, -0.2) is 33.0 Å². The summed E-state index contributed by atoms with van der Waals surface area (Å²) in [6, 6.07) is -0.0864. The molecular weight excluding hydrogens is 274 g/mol. The second-order valence-electron chi connectivity index (χ2n) is 6.42. The summed E-state index contributed by atoms with van der Waals surface area (Å²) >= 11 is 1.54. The van der Waals surface area contributed by atoms with Crippen LogP contribution < -0.4 is 5.73 Å². The summed E-state index contributed by atoms with van der Waals surface area (Å²) in [5.41, 5.74) is 6.28. The fraction of sp³-hybridized carbons (Fsp3) is 0.769.